The predicted octanol–water partition coefficient (Wildman–Crippen LogP) is 2.71. The monoisotopic (exact) mass is 297 g/mol. The maximum atomic E-state index is 12.8. The van der Waals surface area contributed by atoms with Gasteiger partial charge in [-0.05, 0) is 61.8 Å². The van der Waals surface area contributed by atoms with E-state index in [4.69, 9.17) is 0 Å². The van der Waals surface area contributed by atoms with Crippen LogP contribution in [-0.2, 0) is 9.59 Å². The lowest BCUT2D eigenvalue weighted by atomic mass is 9.63. The first kappa shape index (κ1) is 13.6. The third-order valence-corrected chi connectivity index (χ3v) is 5.59. The number of phenolic OH excluding ortho intramolecular Hbond substituents is 1. The molecule has 1 saturated heterocycles. The van der Waals surface area contributed by atoms with Gasteiger partial charge in [0.25, 0.3) is 0 Å². The Kier molecular flexibility index (Phi) is 2.74. The van der Waals surface area contributed by atoms with Crippen LogP contribution in [0.2, 0.25) is 0 Å². The number of amides is 2. The summed E-state index contributed by atoms with van der Waals surface area (Å²) in [4.78, 5) is 26.9. The van der Waals surface area contributed by atoms with Crippen molar-refractivity contribution >= 4 is 17.5 Å². The SMILES string of the molecule is Cc1cc(O)c(N2C(=O)[C@@H]3[C@H](C2=O)[C@@H]2C=C[C@H]3CC2)cc1C. The van der Waals surface area contributed by atoms with Crippen LogP contribution in [0.25, 0.3) is 0 Å². The fourth-order valence-electron chi connectivity index (χ4n) is 4.28. The van der Waals surface area contributed by atoms with Crippen molar-refractivity contribution < 1.29 is 14.7 Å². The zero-order chi connectivity index (χ0) is 15.6. The molecular weight excluding hydrogens is 278 g/mol. The number of allylic oxidation sites excluding steroid dienone is 2. The average Bonchev–Trinajstić information content (AvgIpc) is 2.78. The van der Waals surface area contributed by atoms with E-state index in [0.717, 1.165) is 24.0 Å². The first-order chi connectivity index (χ1) is 10.5. The van der Waals surface area contributed by atoms with Crippen LogP contribution in [0.1, 0.15) is 24.0 Å². The first-order valence-corrected chi connectivity index (χ1v) is 7.85. The molecule has 1 N–H and O–H groups in total. The van der Waals surface area contributed by atoms with Crippen molar-refractivity contribution in [3.63, 3.8) is 0 Å². The number of fused-ring (bicyclic) bond motifs is 1. The smallest absolute Gasteiger partial charge is 0.238 e. The molecule has 0 radical (unpaired) electrons. The van der Waals surface area contributed by atoms with E-state index in [1.165, 1.54) is 4.90 Å². The van der Waals surface area contributed by atoms with E-state index in [9.17, 15) is 14.7 Å². The van der Waals surface area contributed by atoms with E-state index in [1.807, 2.05) is 13.8 Å². The Labute approximate surface area is 129 Å². The van der Waals surface area contributed by atoms with Crippen molar-refractivity contribution in [3.8, 4) is 5.75 Å². The van der Waals surface area contributed by atoms with Gasteiger partial charge in [-0.25, -0.2) is 4.90 Å². The summed E-state index contributed by atoms with van der Waals surface area (Å²) >= 11 is 0. The minimum Gasteiger partial charge on any atom is -0.506 e. The van der Waals surface area contributed by atoms with Gasteiger partial charge in [-0.2, -0.15) is 0 Å². The van der Waals surface area contributed by atoms with Crippen LogP contribution in [0.15, 0.2) is 24.3 Å². The third kappa shape index (κ3) is 1.64. The van der Waals surface area contributed by atoms with Crippen LogP contribution in [0.4, 0.5) is 5.69 Å². The maximum Gasteiger partial charge on any atom is 0.238 e. The fourth-order valence-corrected chi connectivity index (χ4v) is 4.28. The summed E-state index contributed by atoms with van der Waals surface area (Å²) in [6, 6.07) is 3.37. The largest absolute Gasteiger partial charge is 0.506 e. The zero-order valence-electron chi connectivity index (χ0n) is 12.7. The summed E-state index contributed by atoms with van der Waals surface area (Å²) in [5.74, 6) is -0.422. The molecule has 1 saturated carbocycles. The number of rotatable bonds is 1. The Bertz CT molecular complexity index is 689. The number of aromatic hydroxyl groups is 1. The quantitative estimate of drug-likeness (QED) is 0.640. The molecule has 0 spiro atoms. The van der Waals surface area contributed by atoms with Gasteiger partial charge in [0, 0.05) is 0 Å². The van der Waals surface area contributed by atoms with Gasteiger partial charge in [0.1, 0.15) is 5.75 Å². The lowest BCUT2D eigenvalue weighted by Gasteiger charge is -2.38. The van der Waals surface area contributed by atoms with Crippen molar-refractivity contribution in [2.45, 2.75) is 26.7 Å². The Morgan fingerprint density at radius 2 is 1.45 bits per heavy atom. The lowest BCUT2D eigenvalue weighted by molar-refractivity contribution is -0.124. The molecule has 1 aromatic rings. The summed E-state index contributed by atoms with van der Waals surface area (Å²) < 4.78 is 0. The van der Waals surface area contributed by atoms with E-state index < -0.39 is 0 Å². The molecular formula is C18H19NO3. The normalized spacial score (nSPS) is 32.7. The summed E-state index contributed by atoms with van der Waals surface area (Å²) in [5.41, 5.74) is 2.25. The van der Waals surface area contributed by atoms with Gasteiger partial charge in [-0.3, -0.25) is 9.59 Å². The molecule has 0 unspecified atom stereocenters. The number of carbonyl (C=O) groups is 2. The average molecular weight is 297 g/mol. The van der Waals surface area contributed by atoms with Gasteiger partial charge < -0.3 is 5.11 Å². The highest BCUT2D eigenvalue weighted by molar-refractivity contribution is 6.23. The van der Waals surface area contributed by atoms with Crippen LogP contribution in [-0.4, -0.2) is 16.9 Å². The highest BCUT2D eigenvalue weighted by atomic mass is 16.3. The molecule has 3 aliphatic carbocycles. The summed E-state index contributed by atoms with van der Waals surface area (Å²) in [7, 11) is 0. The molecule has 5 rings (SSSR count). The van der Waals surface area contributed by atoms with Crippen LogP contribution in [0.5, 0.6) is 5.75 Å². The molecule has 1 heterocycles. The maximum absolute atomic E-state index is 12.8. The first-order valence-electron chi connectivity index (χ1n) is 7.85. The Morgan fingerprint density at radius 3 is 1.95 bits per heavy atom. The third-order valence-electron chi connectivity index (χ3n) is 5.59. The number of hydrogen-bond donors (Lipinski definition) is 1. The second-order valence-corrected chi connectivity index (χ2v) is 6.78. The van der Waals surface area contributed by atoms with Crippen molar-refractivity contribution in [1.29, 1.82) is 0 Å². The van der Waals surface area contributed by atoms with Crippen molar-refractivity contribution in [2.24, 2.45) is 23.7 Å². The van der Waals surface area contributed by atoms with Gasteiger partial charge in [-0.15, -0.1) is 0 Å². The van der Waals surface area contributed by atoms with E-state index >= 15 is 0 Å². The van der Waals surface area contributed by atoms with Crippen molar-refractivity contribution in [1.82, 2.24) is 0 Å². The van der Waals surface area contributed by atoms with Gasteiger partial charge in [0.2, 0.25) is 11.8 Å². The van der Waals surface area contributed by atoms with Gasteiger partial charge >= 0.3 is 0 Å². The molecule has 4 nitrogen and oxygen atoms in total. The molecule has 22 heavy (non-hydrogen) atoms. The fraction of sp³-hybridized carbons (Fsp3) is 0.444. The van der Waals surface area contributed by atoms with E-state index in [0.29, 0.717) is 5.69 Å². The molecule has 4 heteroatoms. The molecule has 4 aliphatic rings. The number of anilines is 1. The van der Waals surface area contributed by atoms with Gasteiger partial charge in [0.05, 0.1) is 17.5 Å². The van der Waals surface area contributed by atoms with Gasteiger partial charge in [0.15, 0.2) is 0 Å². The molecule has 1 aliphatic heterocycles. The van der Waals surface area contributed by atoms with Crippen LogP contribution >= 0.6 is 0 Å². The van der Waals surface area contributed by atoms with E-state index in [2.05, 4.69) is 12.2 Å². The highest BCUT2D eigenvalue weighted by Crippen LogP contribution is 2.51. The van der Waals surface area contributed by atoms with Crippen molar-refractivity contribution in [3.05, 3.63) is 35.4 Å². The second kappa shape index (κ2) is 4.45. The van der Waals surface area contributed by atoms with Crippen LogP contribution < -0.4 is 4.90 Å². The number of imide groups is 1. The number of benzene rings is 1. The van der Waals surface area contributed by atoms with E-state index in [-0.39, 0.29) is 41.2 Å². The van der Waals surface area contributed by atoms with Crippen molar-refractivity contribution in [2.75, 3.05) is 4.90 Å². The molecule has 2 amide bonds. The predicted molar refractivity (Wildman–Crippen MR) is 82.4 cm³/mol. The van der Waals surface area contributed by atoms with Gasteiger partial charge in [-0.1, -0.05) is 12.2 Å². The number of phenols is 1. The second-order valence-electron chi connectivity index (χ2n) is 6.78. The Balaban J connectivity index is 1.80. The molecule has 0 aromatic heterocycles. The minimum absolute atomic E-state index is 0.00348. The number of aryl methyl sites for hydroxylation is 2. The number of hydrogen-bond acceptors (Lipinski definition) is 3. The molecule has 114 valence electrons. The summed E-state index contributed by atoms with van der Waals surface area (Å²) in [5, 5.41) is 10.2. The molecule has 1 aromatic carbocycles. The summed E-state index contributed by atoms with van der Waals surface area (Å²) in [6.45, 7) is 3.82. The van der Waals surface area contributed by atoms with E-state index in [1.54, 1.807) is 12.1 Å². The van der Waals surface area contributed by atoms with Crippen LogP contribution in [0, 0.1) is 37.5 Å². The zero-order valence-corrected chi connectivity index (χ0v) is 12.7. The molecule has 2 fully saturated rings. The van der Waals surface area contributed by atoms with Crippen LogP contribution in [0.3, 0.4) is 0 Å². The Morgan fingerprint density at radius 1 is 0.955 bits per heavy atom. The molecule has 4 atom stereocenters. The molecule has 2 bridgehead atoms. The topological polar surface area (TPSA) is 57.6 Å². The Hall–Kier alpha value is -2.10. The standard InChI is InChI=1S/C18H19NO3/c1-9-7-13(14(20)8-10(9)2)19-17(21)15-11-3-4-12(6-5-11)16(15)18(19)22/h3-4,7-8,11-12,15-16,20H,5-6H2,1-2H3/t11-,12+,15-,16+. The minimum atomic E-state index is -0.239. The summed E-state index contributed by atoms with van der Waals surface area (Å²) in [6.07, 6.45) is 6.16. The number of nitrogens with zero attached hydrogens (tertiary/aromatic N) is 1. The highest BCUT2D eigenvalue weighted by Gasteiger charge is 2.57. The number of carbonyl (C=O) groups excluding carboxylic acids is 2. The lowest BCUT2D eigenvalue weighted by Crippen LogP contribution is -2.38.